The highest BCUT2D eigenvalue weighted by Crippen LogP contribution is 2.37. The second-order valence-corrected chi connectivity index (χ2v) is 6.68. The number of nitrogens with zero attached hydrogens (tertiary/aromatic N) is 7. The first-order chi connectivity index (χ1) is 12.8. The van der Waals surface area contributed by atoms with E-state index >= 15 is 0 Å². The van der Waals surface area contributed by atoms with Crippen molar-refractivity contribution < 1.29 is 4.74 Å². The number of hydrogen-bond donors (Lipinski definition) is 0. The fraction of sp³-hybridized carbons (Fsp3) is 0.389. The van der Waals surface area contributed by atoms with Crippen LogP contribution in [-0.2, 0) is 4.74 Å². The number of ether oxygens (including phenoxy) is 1. The van der Waals surface area contributed by atoms with Gasteiger partial charge in [0.2, 0.25) is 0 Å². The van der Waals surface area contributed by atoms with Crippen molar-refractivity contribution in [2.45, 2.75) is 25.0 Å². The molecule has 2 aliphatic rings. The summed E-state index contributed by atoms with van der Waals surface area (Å²) in [6.07, 6.45) is 3.74. The van der Waals surface area contributed by atoms with Gasteiger partial charge in [-0.1, -0.05) is 17.3 Å². The number of fused-ring (bicyclic) bond motifs is 1. The zero-order valence-electron chi connectivity index (χ0n) is 14.1. The molecular weight excluding hydrogens is 330 g/mol. The Labute approximate surface area is 150 Å². The lowest BCUT2D eigenvalue weighted by Gasteiger charge is -2.33. The minimum atomic E-state index is -0.111. The average molecular weight is 347 g/mol. The molecule has 1 aliphatic carbocycles. The zero-order valence-corrected chi connectivity index (χ0v) is 14.1. The zero-order chi connectivity index (χ0) is 17.5. The number of hydrogen-bond acceptors (Lipinski definition) is 7. The van der Waals surface area contributed by atoms with Crippen LogP contribution < -0.4 is 4.90 Å². The summed E-state index contributed by atoms with van der Waals surface area (Å²) in [5.74, 6) is 0.798. The lowest BCUT2D eigenvalue weighted by Crippen LogP contribution is -2.39. The van der Waals surface area contributed by atoms with Gasteiger partial charge in [0.1, 0.15) is 12.4 Å². The standard InChI is InChI=1S/C18H17N7O/c19-9-12-2-1-3-13(8-12)15-10-24(6-7-26-15)17-16-18(21-11-20-17)25(23-22-16)14-4-5-14/h1-3,8,11,14-15H,4-7,10H2. The lowest BCUT2D eigenvalue weighted by molar-refractivity contribution is 0.0396. The average Bonchev–Trinajstić information content (AvgIpc) is 3.46. The molecule has 3 aromatic rings. The van der Waals surface area contributed by atoms with Crippen molar-refractivity contribution in [2.24, 2.45) is 0 Å². The minimum absolute atomic E-state index is 0.111. The second kappa shape index (κ2) is 6.04. The topological polar surface area (TPSA) is 92.8 Å². The molecule has 0 bridgehead atoms. The van der Waals surface area contributed by atoms with Crippen LogP contribution in [0.15, 0.2) is 30.6 Å². The summed E-state index contributed by atoms with van der Waals surface area (Å²) in [6, 6.07) is 10.2. The summed E-state index contributed by atoms with van der Waals surface area (Å²) < 4.78 is 7.86. The van der Waals surface area contributed by atoms with Crippen molar-refractivity contribution in [3.8, 4) is 6.07 Å². The molecule has 1 atom stereocenters. The van der Waals surface area contributed by atoms with Gasteiger partial charge in [-0.25, -0.2) is 14.6 Å². The van der Waals surface area contributed by atoms with Crippen LogP contribution in [0.2, 0.25) is 0 Å². The van der Waals surface area contributed by atoms with E-state index in [4.69, 9.17) is 10.00 Å². The van der Waals surface area contributed by atoms with E-state index in [1.54, 1.807) is 12.4 Å². The van der Waals surface area contributed by atoms with Gasteiger partial charge in [0.15, 0.2) is 17.0 Å². The van der Waals surface area contributed by atoms with Gasteiger partial charge in [-0.2, -0.15) is 5.26 Å². The van der Waals surface area contributed by atoms with E-state index in [1.165, 1.54) is 0 Å². The number of nitriles is 1. The van der Waals surface area contributed by atoms with E-state index in [2.05, 4.69) is 31.2 Å². The maximum Gasteiger partial charge on any atom is 0.184 e. The molecule has 2 fully saturated rings. The largest absolute Gasteiger partial charge is 0.370 e. The van der Waals surface area contributed by atoms with Crippen molar-refractivity contribution in [3.63, 3.8) is 0 Å². The van der Waals surface area contributed by atoms with Gasteiger partial charge in [-0.15, -0.1) is 5.10 Å². The molecule has 0 N–H and O–H groups in total. The molecule has 0 amide bonds. The second-order valence-electron chi connectivity index (χ2n) is 6.68. The normalized spacial score (nSPS) is 20.3. The molecule has 0 radical (unpaired) electrons. The Hall–Kier alpha value is -3.05. The van der Waals surface area contributed by atoms with Crippen LogP contribution in [0.4, 0.5) is 5.82 Å². The molecule has 2 aromatic heterocycles. The predicted molar refractivity (Wildman–Crippen MR) is 93.5 cm³/mol. The monoisotopic (exact) mass is 347 g/mol. The van der Waals surface area contributed by atoms with Crippen LogP contribution in [-0.4, -0.2) is 44.7 Å². The fourth-order valence-electron chi connectivity index (χ4n) is 3.40. The van der Waals surface area contributed by atoms with E-state index in [9.17, 15) is 0 Å². The van der Waals surface area contributed by atoms with E-state index < -0.39 is 0 Å². The van der Waals surface area contributed by atoms with Crippen LogP contribution in [0.3, 0.4) is 0 Å². The van der Waals surface area contributed by atoms with Gasteiger partial charge in [0, 0.05) is 13.1 Å². The van der Waals surface area contributed by atoms with Gasteiger partial charge in [0.25, 0.3) is 0 Å². The van der Waals surface area contributed by atoms with Crippen molar-refractivity contribution in [3.05, 3.63) is 41.7 Å². The van der Waals surface area contributed by atoms with Crippen LogP contribution in [0.25, 0.3) is 11.2 Å². The molecule has 5 rings (SSSR count). The van der Waals surface area contributed by atoms with E-state index in [-0.39, 0.29) is 6.10 Å². The summed E-state index contributed by atoms with van der Waals surface area (Å²) in [4.78, 5) is 11.0. The number of aromatic nitrogens is 5. The maximum atomic E-state index is 9.13. The van der Waals surface area contributed by atoms with Crippen LogP contribution in [0.1, 0.15) is 36.1 Å². The van der Waals surface area contributed by atoms with Crippen LogP contribution in [0, 0.1) is 11.3 Å². The first-order valence-electron chi connectivity index (χ1n) is 8.76. The molecule has 1 saturated heterocycles. The fourth-order valence-corrected chi connectivity index (χ4v) is 3.40. The Balaban J connectivity index is 1.47. The smallest absolute Gasteiger partial charge is 0.184 e. The van der Waals surface area contributed by atoms with Gasteiger partial charge in [-0.05, 0) is 30.5 Å². The molecule has 3 heterocycles. The summed E-state index contributed by atoms with van der Waals surface area (Å²) >= 11 is 0. The van der Waals surface area contributed by atoms with Gasteiger partial charge in [0.05, 0.1) is 24.3 Å². The van der Waals surface area contributed by atoms with Gasteiger partial charge in [-0.3, -0.25) is 0 Å². The van der Waals surface area contributed by atoms with Crippen LogP contribution >= 0.6 is 0 Å². The third-order valence-electron chi connectivity index (χ3n) is 4.89. The molecule has 130 valence electrons. The van der Waals surface area contributed by atoms with E-state index in [0.29, 0.717) is 24.8 Å². The molecule has 8 nitrogen and oxygen atoms in total. The Kier molecular flexibility index (Phi) is 3.53. The molecule has 1 saturated carbocycles. The molecule has 26 heavy (non-hydrogen) atoms. The quantitative estimate of drug-likeness (QED) is 0.715. The SMILES string of the molecule is N#Cc1cccc(C2CN(c3ncnc4c3nnn4C3CC3)CCO2)c1. The molecule has 8 heteroatoms. The third-order valence-corrected chi connectivity index (χ3v) is 4.89. The van der Waals surface area contributed by atoms with Gasteiger partial charge < -0.3 is 9.64 Å². The first kappa shape index (κ1) is 15.2. The number of morpholine rings is 1. The van der Waals surface area contributed by atoms with Crippen molar-refractivity contribution in [1.29, 1.82) is 5.26 Å². The van der Waals surface area contributed by atoms with E-state index in [0.717, 1.165) is 41.9 Å². The Morgan fingerprint density at radius 2 is 2.15 bits per heavy atom. The Bertz CT molecular complexity index is 1000. The van der Waals surface area contributed by atoms with Gasteiger partial charge >= 0.3 is 0 Å². The number of anilines is 1. The summed E-state index contributed by atoms with van der Waals surface area (Å²) in [6.45, 7) is 1.97. The lowest BCUT2D eigenvalue weighted by atomic mass is 10.0. The van der Waals surface area contributed by atoms with Crippen molar-refractivity contribution >= 4 is 17.0 Å². The molecular formula is C18H17N7O. The Morgan fingerprint density at radius 3 is 3.00 bits per heavy atom. The molecule has 1 aliphatic heterocycles. The molecule has 1 aromatic carbocycles. The maximum absolute atomic E-state index is 9.13. The highest BCUT2D eigenvalue weighted by molar-refractivity contribution is 5.82. The molecule has 1 unspecified atom stereocenters. The number of rotatable bonds is 3. The predicted octanol–water partition coefficient (Wildman–Crippen LogP) is 2.01. The third kappa shape index (κ3) is 2.57. The number of benzene rings is 1. The first-order valence-corrected chi connectivity index (χ1v) is 8.76. The minimum Gasteiger partial charge on any atom is -0.370 e. The highest BCUT2D eigenvalue weighted by atomic mass is 16.5. The molecule has 0 spiro atoms. The summed E-state index contributed by atoms with van der Waals surface area (Å²) in [5.41, 5.74) is 3.18. The van der Waals surface area contributed by atoms with Crippen LogP contribution in [0.5, 0.6) is 0 Å². The van der Waals surface area contributed by atoms with Crippen molar-refractivity contribution in [2.75, 3.05) is 24.6 Å². The van der Waals surface area contributed by atoms with E-state index in [1.807, 2.05) is 22.9 Å². The highest BCUT2D eigenvalue weighted by Gasteiger charge is 2.30. The van der Waals surface area contributed by atoms with Crippen molar-refractivity contribution in [1.82, 2.24) is 25.0 Å². The summed E-state index contributed by atoms with van der Waals surface area (Å²) in [5, 5.41) is 17.8. The Morgan fingerprint density at radius 1 is 1.23 bits per heavy atom. The summed E-state index contributed by atoms with van der Waals surface area (Å²) in [7, 11) is 0.